The third-order valence-electron chi connectivity index (χ3n) is 1.89. The van der Waals surface area contributed by atoms with Crippen LogP contribution in [0, 0.1) is 5.41 Å². The summed E-state index contributed by atoms with van der Waals surface area (Å²) in [7, 11) is 1.66. The number of methoxy groups -OCH3 is 1. The minimum Gasteiger partial charge on any atom is -0.455 e. The molecule has 3 nitrogen and oxygen atoms in total. The van der Waals surface area contributed by atoms with Crippen LogP contribution >= 0.6 is 22.6 Å². The molecule has 0 saturated heterocycles. The van der Waals surface area contributed by atoms with Crippen molar-refractivity contribution in [2.75, 3.05) is 18.3 Å². The molecule has 0 fully saturated rings. The van der Waals surface area contributed by atoms with Crippen molar-refractivity contribution < 1.29 is 14.3 Å². The number of carbonyl (C=O) groups is 1. The molecule has 0 atom stereocenters. The van der Waals surface area contributed by atoms with Crippen LogP contribution in [-0.2, 0) is 14.3 Å². The van der Waals surface area contributed by atoms with Crippen molar-refractivity contribution in [1.29, 1.82) is 0 Å². The predicted molar refractivity (Wildman–Crippen MR) is 59.9 cm³/mol. The number of hydrogen-bond donors (Lipinski definition) is 0. The van der Waals surface area contributed by atoms with Gasteiger partial charge in [-0.15, -0.1) is 0 Å². The number of esters is 1. The molecule has 0 heterocycles. The van der Waals surface area contributed by atoms with E-state index < -0.39 is 0 Å². The summed E-state index contributed by atoms with van der Waals surface area (Å²) in [5.41, 5.74) is -0.385. The molecule has 0 N–H and O–H groups in total. The first-order valence-electron chi connectivity index (χ1n) is 4.26. The van der Waals surface area contributed by atoms with E-state index in [0.717, 1.165) is 12.8 Å². The highest BCUT2D eigenvalue weighted by atomic mass is 127. The normalized spacial score (nSPS) is 11.4. The van der Waals surface area contributed by atoms with Gasteiger partial charge in [-0.1, -0.05) is 0 Å². The van der Waals surface area contributed by atoms with Gasteiger partial charge in [-0.05, 0) is 49.3 Å². The van der Waals surface area contributed by atoms with Gasteiger partial charge in [0.15, 0.2) is 0 Å². The fourth-order valence-corrected chi connectivity index (χ4v) is 1.29. The van der Waals surface area contributed by atoms with Gasteiger partial charge in [0.2, 0.25) is 0 Å². The molecule has 13 heavy (non-hydrogen) atoms. The van der Waals surface area contributed by atoms with Crippen molar-refractivity contribution in [3.63, 3.8) is 0 Å². The van der Waals surface area contributed by atoms with Crippen molar-refractivity contribution in [2.45, 2.75) is 26.7 Å². The molecular weight excluding hydrogens is 283 g/mol. The first kappa shape index (κ1) is 13.2. The van der Waals surface area contributed by atoms with E-state index >= 15 is 0 Å². The molecule has 0 saturated carbocycles. The monoisotopic (exact) mass is 300 g/mol. The fraction of sp³-hybridized carbons (Fsp3) is 0.889. The van der Waals surface area contributed by atoms with Crippen LogP contribution in [0.4, 0.5) is 0 Å². The molecule has 0 unspecified atom stereocenters. The van der Waals surface area contributed by atoms with Crippen molar-refractivity contribution in [3.05, 3.63) is 0 Å². The molecule has 0 aliphatic heterocycles. The average molecular weight is 300 g/mol. The van der Waals surface area contributed by atoms with Gasteiger partial charge in [0, 0.05) is 13.7 Å². The second kappa shape index (κ2) is 6.59. The maximum atomic E-state index is 11.4. The Labute approximate surface area is 93.3 Å². The lowest BCUT2D eigenvalue weighted by Crippen LogP contribution is -2.26. The van der Waals surface area contributed by atoms with E-state index in [-0.39, 0.29) is 11.4 Å². The van der Waals surface area contributed by atoms with Crippen LogP contribution in [0.2, 0.25) is 0 Å². The Balaban J connectivity index is 3.83. The van der Waals surface area contributed by atoms with Gasteiger partial charge in [-0.2, -0.15) is 0 Å². The van der Waals surface area contributed by atoms with Gasteiger partial charge < -0.3 is 9.47 Å². The van der Waals surface area contributed by atoms with Gasteiger partial charge in [-0.3, -0.25) is 4.79 Å². The quantitative estimate of drug-likeness (QED) is 0.327. The summed E-state index contributed by atoms with van der Waals surface area (Å²) < 4.78 is 10.3. The highest BCUT2D eigenvalue weighted by molar-refractivity contribution is 14.1. The Morgan fingerprint density at radius 2 is 2.08 bits per heavy atom. The van der Waals surface area contributed by atoms with E-state index in [1.54, 1.807) is 7.11 Å². The Kier molecular flexibility index (Phi) is 6.67. The zero-order chi connectivity index (χ0) is 10.3. The van der Waals surface area contributed by atoms with Crippen molar-refractivity contribution >= 4 is 28.6 Å². The van der Waals surface area contributed by atoms with Crippen LogP contribution in [-0.4, -0.2) is 24.3 Å². The topological polar surface area (TPSA) is 35.5 Å². The number of carbonyl (C=O) groups excluding carboxylic acids is 1. The minimum absolute atomic E-state index is 0.127. The van der Waals surface area contributed by atoms with Gasteiger partial charge in [0.05, 0.1) is 5.41 Å². The van der Waals surface area contributed by atoms with Crippen LogP contribution < -0.4 is 0 Å². The summed E-state index contributed by atoms with van der Waals surface area (Å²) in [5, 5.41) is 0. The molecular formula is C9H17IO3. The van der Waals surface area contributed by atoms with Gasteiger partial charge in [0.25, 0.3) is 0 Å². The third kappa shape index (κ3) is 5.46. The van der Waals surface area contributed by atoms with Crippen molar-refractivity contribution in [3.8, 4) is 0 Å². The molecule has 0 aromatic rings. The molecule has 0 bridgehead atoms. The molecule has 78 valence electrons. The molecule has 0 aromatic heterocycles. The standard InChI is InChI=1S/C9H17IO3/c1-9(2,5-4-6-12-3)8(11)13-7-10/h4-7H2,1-3H3. The second-order valence-corrected chi connectivity index (χ2v) is 4.14. The number of hydrogen-bond acceptors (Lipinski definition) is 3. The number of halogens is 1. The summed E-state index contributed by atoms with van der Waals surface area (Å²) in [6, 6.07) is 0. The molecule has 0 rings (SSSR count). The smallest absolute Gasteiger partial charge is 0.312 e. The highest BCUT2D eigenvalue weighted by Gasteiger charge is 2.28. The van der Waals surface area contributed by atoms with Crippen LogP contribution in [0.15, 0.2) is 0 Å². The van der Waals surface area contributed by atoms with E-state index in [9.17, 15) is 4.79 Å². The Bertz CT molecular complexity index is 157. The maximum Gasteiger partial charge on any atom is 0.312 e. The number of alkyl halides is 1. The highest BCUT2D eigenvalue weighted by Crippen LogP contribution is 2.24. The lowest BCUT2D eigenvalue weighted by atomic mass is 9.88. The van der Waals surface area contributed by atoms with Gasteiger partial charge in [0.1, 0.15) is 4.61 Å². The molecule has 0 aliphatic rings. The lowest BCUT2D eigenvalue weighted by molar-refractivity contribution is -0.151. The summed E-state index contributed by atoms with van der Waals surface area (Å²) in [6.07, 6.45) is 1.69. The summed E-state index contributed by atoms with van der Waals surface area (Å²) in [5.74, 6) is -0.127. The fourth-order valence-electron chi connectivity index (χ4n) is 1.01. The maximum absolute atomic E-state index is 11.4. The van der Waals surface area contributed by atoms with Crippen LogP contribution in [0.25, 0.3) is 0 Å². The van der Waals surface area contributed by atoms with Crippen molar-refractivity contribution in [2.24, 2.45) is 5.41 Å². The Morgan fingerprint density at radius 3 is 2.54 bits per heavy atom. The van der Waals surface area contributed by atoms with Crippen molar-refractivity contribution in [1.82, 2.24) is 0 Å². The van der Waals surface area contributed by atoms with Gasteiger partial charge in [-0.25, -0.2) is 0 Å². The van der Waals surface area contributed by atoms with Crippen LogP contribution in [0.1, 0.15) is 26.7 Å². The van der Waals surface area contributed by atoms with E-state index in [4.69, 9.17) is 9.47 Å². The molecule has 0 spiro atoms. The van der Waals surface area contributed by atoms with E-state index in [2.05, 4.69) is 0 Å². The SMILES string of the molecule is COCCCC(C)(C)C(=O)OCI. The van der Waals surface area contributed by atoms with E-state index in [0.29, 0.717) is 11.2 Å². The third-order valence-corrected chi connectivity index (χ3v) is 2.20. The molecule has 0 amide bonds. The first-order valence-corrected chi connectivity index (χ1v) is 5.79. The summed E-state index contributed by atoms with van der Waals surface area (Å²) in [4.78, 5) is 11.4. The zero-order valence-electron chi connectivity index (χ0n) is 8.43. The van der Waals surface area contributed by atoms with E-state index in [1.165, 1.54) is 0 Å². The summed E-state index contributed by atoms with van der Waals surface area (Å²) >= 11 is 2.02. The Hall–Kier alpha value is 0.160. The molecule has 0 aliphatic carbocycles. The Morgan fingerprint density at radius 1 is 1.46 bits per heavy atom. The summed E-state index contributed by atoms with van der Waals surface area (Å²) in [6.45, 7) is 4.50. The molecule has 0 aromatic carbocycles. The average Bonchev–Trinajstić information content (AvgIpc) is 2.05. The van der Waals surface area contributed by atoms with Gasteiger partial charge >= 0.3 is 5.97 Å². The van der Waals surface area contributed by atoms with Crippen LogP contribution in [0.5, 0.6) is 0 Å². The van der Waals surface area contributed by atoms with E-state index in [1.807, 2.05) is 36.4 Å². The zero-order valence-corrected chi connectivity index (χ0v) is 10.6. The number of ether oxygens (including phenoxy) is 2. The first-order chi connectivity index (χ1) is 6.04. The largest absolute Gasteiger partial charge is 0.455 e. The molecule has 0 radical (unpaired) electrons. The predicted octanol–water partition coefficient (Wildman–Crippen LogP) is 2.37. The second-order valence-electron chi connectivity index (χ2n) is 3.52. The minimum atomic E-state index is -0.385. The number of rotatable bonds is 6. The van der Waals surface area contributed by atoms with Crippen LogP contribution in [0.3, 0.4) is 0 Å². The lowest BCUT2D eigenvalue weighted by Gasteiger charge is -2.21. The molecule has 4 heteroatoms.